The second-order valence-corrected chi connectivity index (χ2v) is 5.05. The van der Waals surface area contributed by atoms with Crippen LogP contribution in [0.4, 0.5) is 5.69 Å². The lowest BCUT2D eigenvalue weighted by Crippen LogP contribution is -1.99. The van der Waals surface area contributed by atoms with Crippen molar-refractivity contribution in [3.8, 4) is 17.1 Å². The fourth-order valence-electron chi connectivity index (χ4n) is 1.97. The van der Waals surface area contributed by atoms with E-state index >= 15 is 0 Å². The summed E-state index contributed by atoms with van der Waals surface area (Å²) in [5.41, 5.74) is 8.04. The van der Waals surface area contributed by atoms with Gasteiger partial charge in [-0.25, -0.2) is 0 Å². The van der Waals surface area contributed by atoms with Crippen LogP contribution in [0, 0.1) is 0 Å². The molecule has 0 amide bonds. The Bertz CT molecular complexity index is 753. The maximum Gasteiger partial charge on any atom is 0.170 e. The van der Waals surface area contributed by atoms with Gasteiger partial charge in [0.1, 0.15) is 6.33 Å². The molecular formula is C14H10Cl2N4. The molecule has 2 aromatic carbocycles. The third kappa shape index (κ3) is 2.24. The second kappa shape index (κ2) is 5.15. The highest BCUT2D eigenvalue weighted by Gasteiger charge is 2.14. The molecule has 6 heteroatoms. The first-order valence-corrected chi connectivity index (χ1v) is 6.63. The topological polar surface area (TPSA) is 56.7 Å². The predicted molar refractivity (Wildman–Crippen MR) is 81.2 cm³/mol. The Labute approximate surface area is 125 Å². The largest absolute Gasteiger partial charge is 0.397 e. The smallest absolute Gasteiger partial charge is 0.170 e. The molecule has 0 aliphatic rings. The van der Waals surface area contributed by atoms with E-state index in [1.807, 2.05) is 34.9 Å². The normalized spacial score (nSPS) is 10.7. The first-order valence-electron chi connectivity index (χ1n) is 5.87. The number of hydrogen-bond donors (Lipinski definition) is 1. The molecule has 0 saturated heterocycles. The van der Waals surface area contributed by atoms with Crippen molar-refractivity contribution in [1.82, 2.24) is 14.8 Å². The summed E-state index contributed by atoms with van der Waals surface area (Å²) >= 11 is 12.1. The van der Waals surface area contributed by atoms with Crippen molar-refractivity contribution in [3.63, 3.8) is 0 Å². The van der Waals surface area contributed by atoms with Crippen LogP contribution in [0.3, 0.4) is 0 Å². The van der Waals surface area contributed by atoms with Gasteiger partial charge in [0.15, 0.2) is 5.82 Å². The average Bonchev–Trinajstić information content (AvgIpc) is 2.93. The van der Waals surface area contributed by atoms with Gasteiger partial charge < -0.3 is 5.73 Å². The summed E-state index contributed by atoms with van der Waals surface area (Å²) in [6.45, 7) is 0. The molecular weight excluding hydrogens is 295 g/mol. The van der Waals surface area contributed by atoms with E-state index in [0.29, 0.717) is 27.1 Å². The summed E-state index contributed by atoms with van der Waals surface area (Å²) in [6, 6.07) is 13.1. The summed E-state index contributed by atoms with van der Waals surface area (Å²) < 4.78 is 1.83. The lowest BCUT2D eigenvalue weighted by atomic mass is 10.1. The van der Waals surface area contributed by atoms with Crippen LogP contribution in [0.25, 0.3) is 17.1 Å². The molecule has 1 heterocycles. The highest BCUT2D eigenvalue weighted by molar-refractivity contribution is 6.37. The van der Waals surface area contributed by atoms with E-state index in [0.717, 1.165) is 5.69 Å². The van der Waals surface area contributed by atoms with Gasteiger partial charge in [-0.3, -0.25) is 4.57 Å². The molecule has 20 heavy (non-hydrogen) atoms. The lowest BCUT2D eigenvalue weighted by molar-refractivity contribution is 1.06. The number of hydrogen-bond acceptors (Lipinski definition) is 3. The summed E-state index contributed by atoms with van der Waals surface area (Å²) in [7, 11) is 0. The maximum absolute atomic E-state index is 6.07. The molecule has 0 aliphatic carbocycles. The zero-order valence-corrected chi connectivity index (χ0v) is 11.8. The van der Waals surface area contributed by atoms with Crippen molar-refractivity contribution in [3.05, 3.63) is 58.8 Å². The molecule has 0 unspecified atom stereocenters. The summed E-state index contributed by atoms with van der Waals surface area (Å²) in [6.07, 6.45) is 1.62. The molecule has 0 atom stereocenters. The van der Waals surface area contributed by atoms with Gasteiger partial charge in [-0.2, -0.15) is 0 Å². The minimum atomic E-state index is 0.398. The standard InChI is InChI=1S/C14H10Cl2N4/c15-9-6-11(13(17)12(16)7-9)14-19-18-8-20(14)10-4-2-1-3-5-10/h1-8H,17H2. The maximum atomic E-state index is 6.07. The van der Waals surface area contributed by atoms with Gasteiger partial charge in [-0.05, 0) is 24.3 Å². The zero-order chi connectivity index (χ0) is 14.1. The van der Waals surface area contributed by atoms with E-state index < -0.39 is 0 Å². The van der Waals surface area contributed by atoms with Gasteiger partial charge >= 0.3 is 0 Å². The number of nitrogens with zero attached hydrogens (tertiary/aromatic N) is 3. The SMILES string of the molecule is Nc1c(Cl)cc(Cl)cc1-c1nncn1-c1ccccc1. The number of halogens is 2. The molecule has 2 N–H and O–H groups in total. The van der Waals surface area contributed by atoms with Crippen molar-refractivity contribution < 1.29 is 0 Å². The van der Waals surface area contributed by atoms with Crippen LogP contribution in [0.2, 0.25) is 10.0 Å². The van der Waals surface area contributed by atoms with Crippen LogP contribution in [-0.4, -0.2) is 14.8 Å². The quantitative estimate of drug-likeness (QED) is 0.732. The fraction of sp³-hybridized carbons (Fsp3) is 0. The van der Waals surface area contributed by atoms with Crippen molar-refractivity contribution in [1.29, 1.82) is 0 Å². The first kappa shape index (κ1) is 13.0. The molecule has 0 saturated carbocycles. The van der Waals surface area contributed by atoms with E-state index in [9.17, 15) is 0 Å². The second-order valence-electron chi connectivity index (χ2n) is 4.21. The molecule has 4 nitrogen and oxygen atoms in total. The van der Waals surface area contributed by atoms with Gasteiger partial charge in [0.25, 0.3) is 0 Å². The Kier molecular flexibility index (Phi) is 3.34. The number of benzene rings is 2. The van der Waals surface area contributed by atoms with Crippen LogP contribution in [0.5, 0.6) is 0 Å². The molecule has 1 aromatic heterocycles. The van der Waals surface area contributed by atoms with Crippen molar-refractivity contribution >= 4 is 28.9 Å². The van der Waals surface area contributed by atoms with Crippen LogP contribution < -0.4 is 5.73 Å². The van der Waals surface area contributed by atoms with Crippen molar-refractivity contribution in [2.45, 2.75) is 0 Å². The molecule has 100 valence electrons. The average molecular weight is 305 g/mol. The molecule has 0 fully saturated rings. The van der Waals surface area contributed by atoms with Crippen LogP contribution in [0.15, 0.2) is 48.8 Å². The van der Waals surface area contributed by atoms with E-state index in [1.165, 1.54) is 0 Å². The van der Waals surface area contributed by atoms with E-state index in [4.69, 9.17) is 28.9 Å². The van der Waals surface area contributed by atoms with E-state index in [-0.39, 0.29) is 0 Å². The highest BCUT2D eigenvalue weighted by Crippen LogP contribution is 2.34. The number of nitrogen functional groups attached to an aromatic ring is 1. The van der Waals surface area contributed by atoms with Gasteiger partial charge in [-0.15, -0.1) is 10.2 Å². The van der Waals surface area contributed by atoms with Gasteiger partial charge in [0, 0.05) is 16.3 Å². The Hall–Kier alpha value is -2.04. The number of anilines is 1. The summed E-state index contributed by atoms with van der Waals surface area (Å²) in [4.78, 5) is 0. The summed E-state index contributed by atoms with van der Waals surface area (Å²) in [5, 5.41) is 8.97. The molecule has 3 rings (SSSR count). The molecule has 0 radical (unpaired) electrons. The van der Waals surface area contributed by atoms with Gasteiger partial charge in [0.05, 0.1) is 10.7 Å². The van der Waals surface area contributed by atoms with Crippen LogP contribution in [0.1, 0.15) is 0 Å². The molecule has 3 aromatic rings. The van der Waals surface area contributed by atoms with Crippen molar-refractivity contribution in [2.75, 3.05) is 5.73 Å². The number of para-hydroxylation sites is 1. The van der Waals surface area contributed by atoms with Crippen molar-refractivity contribution in [2.24, 2.45) is 0 Å². The monoisotopic (exact) mass is 304 g/mol. The Morgan fingerprint density at radius 3 is 2.55 bits per heavy atom. The van der Waals surface area contributed by atoms with Crippen LogP contribution >= 0.6 is 23.2 Å². The zero-order valence-electron chi connectivity index (χ0n) is 10.3. The molecule has 0 aliphatic heterocycles. The third-order valence-corrected chi connectivity index (χ3v) is 3.45. The van der Waals surface area contributed by atoms with Crippen LogP contribution in [-0.2, 0) is 0 Å². The number of rotatable bonds is 2. The minimum Gasteiger partial charge on any atom is -0.397 e. The summed E-state index contributed by atoms with van der Waals surface area (Å²) in [5.74, 6) is 0.595. The number of aromatic nitrogens is 3. The Morgan fingerprint density at radius 1 is 1.05 bits per heavy atom. The highest BCUT2D eigenvalue weighted by atomic mass is 35.5. The first-order chi connectivity index (χ1) is 9.66. The minimum absolute atomic E-state index is 0.398. The predicted octanol–water partition coefficient (Wildman–Crippen LogP) is 3.82. The number of nitrogens with two attached hydrogens (primary N) is 1. The third-order valence-electron chi connectivity index (χ3n) is 2.92. The lowest BCUT2D eigenvalue weighted by Gasteiger charge is -2.10. The van der Waals surface area contributed by atoms with Gasteiger partial charge in [0.2, 0.25) is 0 Å². The van der Waals surface area contributed by atoms with E-state index in [1.54, 1.807) is 18.5 Å². The Balaban J connectivity index is 2.21. The fourth-order valence-corrected chi connectivity index (χ4v) is 2.46. The Morgan fingerprint density at radius 2 is 1.80 bits per heavy atom. The molecule has 0 spiro atoms. The van der Waals surface area contributed by atoms with E-state index in [2.05, 4.69) is 10.2 Å². The molecule has 0 bridgehead atoms. The van der Waals surface area contributed by atoms with Gasteiger partial charge in [-0.1, -0.05) is 41.4 Å².